The van der Waals surface area contributed by atoms with Crippen LogP contribution in [-0.4, -0.2) is 18.2 Å². The summed E-state index contributed by atoms with van der Waals surface area (Å²) in [5, 5.41) is 5.13. The molecule has 0 bridgehead atoms. The summed E-state index contributed by atoms with van der Waals surface area (Å²) in [5.41, 5.74) is 6.30. The Labute approximate surface area is 199 Å². The minimum Gasteiger partial charge on any atom is -0.410 e. The largest absolute Gasteiger partial charge is 0.412 e. The van der Waals surface area contributed by atoms with E-state index in [1.165, 1.54) is 5.56 Å². The maximum absolute atomic E-state index is 12.8. The summed E-state index contributed by atoms with van der Waals surface area (Å²) >= 11 is 0. The molecule has 1 heterocycles. The van der Waals surface area contributed by atoms with Crippen LogP contribution in [0.3, 0.4) is 0 Å². The topological polar surface area (TPSA) is 59.6 Å². The first kappa shape index (κ1) is 21.7. The highest BCUT2D eigenvalue weighted by molar-refractivity contribution is 5.84. The van der Waals surface area contributed by atoms with Gasteiger partial charge in [0.15, 0.2) is 0 Å². The fourth-order valence-electron chi connectivity index (χ4n) is 4.16. The Bertz CT molecular complexity index is 1290. The Hall–Kier alpha value is -4.09. The van der Waals surface area contributed by atoms with Crippen LogP contribution in [0.25, 0.3) is 10.8 Å². The second-order valence-electron chi connectivity index (χ2n) is 8.38. The van der Waals surface area contributed by atoms with Gasteiger partial charge in [-0.05, 0) is 46.5 Å². The summed E-state index contributed by atoms with van der Waals surface area (Å²) in [7, 11) is 0. The maximum atomic E-state index is 12.8. The predicted molar refractivity (Wildman–Crippen MR) is 133 cm³/mol. The van der Waals surface area contributed by atoms with Crippen LogP contribution in [0.1, 0.15) is 11.1 Å². The summed E-state index contributed by atoms with van der Waals surface area (Å²) in [6.07, 6.45) is 2.54. The SMILES string of the molecule is O=C(NC(Cc1ccccc1)C1C=C(Cc2ccccc2)NO1)Oc1ccc2ccccc2c1. The minimum atomic E-state index is -0.510. The summed E-state index contributed by atoms with van der Waals surface area (Å²) in [6, 6.07) is 33.5. The van der Waals surface area contributed by atoms with Crippen LogP contribution in [0.2, 0.25) is 0 Å². The van der Waals surface area contributed by atoms with E-state index in [0.29, 0.717) is 12.2 Å². The lowest BCUT2D eigenvalue weighted by atomic mass is 10.00. The van der Waals surface area contributed by atoms with Gasteiger partial charge in [-0.15, -0.1) is 0 Å². The van der Waals surface area contributed by atoms with Crippen LogP contribution in [0.4, 0.5) is 4.79 Å². The molecule has 2 atom stereocenters. The molecule has 1 amide bonds. The molecule has 1 aliphatic rings. The van der Waals surface area contributed by atoms with Crippen LogP contribution in [0.5, 0.6) is 5.75 Å². The van der Waals surface area contributed by atoms with Crippen LogP contribution < -0.4 is 15.5 Å². The summed E-state index contributed by atoms with van der Waals surface area (Å²) in [6.45, 7) is 0. The molecular weight excluding hydrogens is 424 g/mol. The monoisotopic (exact) mass is 450 g/mol. The van der Waals surface area contributed by atoms with E-state index < -0.39 is 6.09 Å². The van der Waals surface area contributed by atoms with Crippen LogP contribution >= 0.6 is 0 Å². The zero-order valence-corrected chi connectivity index (χ0v) is 18.7. The van der Waals surface area contributed by atoms with Crippen molar-refractivity contribution in [1.82, 2.24) is 10.8 Å². The average molecular weight is 451 g/mol. The molecule has 5 rings (SSSR count). The van der Waals surface area contributed by atoms with E-state index in [4.69, 9.17) is 9.57 Å². The molecule has 170 valence electrons. The van der Waals surface area contributed by atoms with Crippen LogP contribution in [0.15, 0.2) is 115 Å². The molecule has 4 aromatic rings. The van der Waals surface area contributed by atoms with Crippen molar-refractivity contribution in [3.05, 3.63) is 126 Å². The molecule has 0 spiro atoms. The molecule has 4 aromatic carbocycles. The first-order chi connectivity index (χ1) is 16.7. The normalized spacial score (nSPS) is 15.9. The van der Waals surface area contributed by atoms with Crippen molar-refractivity contribution in [2.75, 3.05) is 0 Å². The third kappa shape index (κ3) is 5.45. The van der Waals surface area contributed by atoms with Crippen molar-refractivity contribution >= 4 is 16.9 Å². The van der Waals surface area contributed by atoms with Gasteiger partial charge in [0.1, 0.15) is 11.9 Å². The molecule has 0 radical (unpaired) electrons. The zero-order valence-electron chi connectivity index (χ0n) is 18.7. The molecule has 1 aliphatic heterocycles. The lowest BCUT2D eigenvalue weighted by Crippen LogP contribution is -2.46. The van der Waals surface area contributed by atoms with Crippen molar-refractivity contribution < 1.29 is 14.4 Å². The van der Waals surface area contributed by atoms with Gasteiger partial charge in [0.05, 0.1) is 6.04 Å². The number of carbonyl (C=O) groups is 1. The van der Waals surface area contributed by atoms with Crippen molar-refractivity contribution in [2.24, 2.45) is 0 Å². The third-order valence-electron chi connectivity index (χ3n) is 5.86. The van der Waals surface area contributed by atoms with Crippen molar-refractivity contribution in [2.45, 2.75) is 25.0 Å². The fourth-order valence-corrected chi connectivity index (χ4v) is 4.16. The van der Waals surface area contributed by atoms with Gasteiger partial charge >= 0.3 is 6.09 Å². The Morgan fingerprint density at radius 2 is 1.53 bits per heavy atom. The Morgan fingerprint density at radius 3 is 2.29 bits per heavy atom. The van der Waals surface area contributed by atoms with Gasteiger partial charge in [0, 0.05) is 12.1 Å². The molecular formula is C29H26N2O3. The lowest BCUT2D eigenvalue weighted by Gasteiger charge is -2.22. The highest BCUT2D eigenvalue weighted by Gasteiger charge is 2.28. The quantitative estimate of drug-likeness (QED) is 0.387. The minimum absolute atomic E-state index is 0.309. The second-order valence-corrected chi connectivity index (χ2v) is 8.38. The number of nitrogens with one attached hydrogen (secondary N) is 2. The number of carbonyl (C=O) groups excluding carboxylic acids is 1. The van der Waals surface area contributed by atoms with E-state index >= 15 is 0 Å². The Kier molecular flexibility index (Phi) is 6.54. The molecule has 2 unspecified atom stereocenters. The van der Waals surface area contributed by atoms with Crippen LogP contribution in [0, 0.1) is 0 Å². The second kappa shape index (κ2) is 10.2. The van der Waals surface area contributed by atoms with E-state index in [1.54, 1.807) is 6.07 Å². The molecule has 0 fully saturated rings. The molecule has 0 saturated carbocycles. The van der Waals surface area contributed by atoms with Crippen molar-refractivity contribution in [3.63, 3.8) is 0 Å². The number of hydrogen-bond acceptors (Lipinski definition) is 4. The number of benzene rings is 4. The zero-order chi connectivity index (χ0) is 23.2. The smallest absolute Gasteiger partial charge is 0.410 e. The first-order valence-corrected chi connectivity index (χ1v) is 11.4. The van der Waals surface area contributed by atoms with Gasteiger partial charge in [0.25, 0.3) is 0 Å². The Morgan fingerprint density at radius 1 is 0.853 bits per heavy atom. The van der Waals surface area contributed by atoms with Gasteiger partial charge in [-0.25, -0.2) is 4.79 Å². The number of rotatable bonds is 7. The van der Waals surface area contributed by atoms with Crippen molar-refractivity contribution in [1.29, 1.82) is 0 Å². The van der Waals surface area contributed by atoms with E-state index in [2.05, 4.69) is 22.9 Å². The molecule has 2 N–H and O–H groups in total. The number of amides is 1. The molecule has 0 saturated heterocycles. The Balaban J connectivity index is 1.30. The standard InChI is InChI=1S/C29H26N2O3/c32-29(33-26-16-15-23-13-7-8-14-24(23)19-26)30-27(18-22-11-5-2-6-12-22)28-20-25(31-34-28)17-21-9-3-1-4-10-21/h1-16,19-20,27-28,31H,17-18H2,(H,30,32). The van der Waals surface area contributed by atoms with Gasteiger partial charge in [-0.3, -0.25) is 10.3 Å². The van der Waals surface area contributed by atoms with E-state index in [9.17, 15) is 4.79 Å². The highest BCUT2D eigenvalue weighted by Crippen LogP contribution is 2.22. The first-order valence-electron chi connectivity index (χ1n) is 11.4. The maximum Gasteiger partial charge on any atom is 0.412 e. The molecule has 5 nitrogen and oxygen atoms in total. The van der Waals surface area contributed by atoms with Gasteiger partial charge in [0.2, 0.25) is 0 Å². The molecule has 5 heteroatoms. The van der Waals surface area contributed by atoms with Crippen molar-refractivity contribution in [3.8, 4) is 5.75 Å². The predicted octanol–water partition coefficient (Wildman–Crippen LogP) is 5.57. The number of allylic oxidation sites excluding steroid dienone is 1. The average Bonchev–Trinajstić information content (AvgIpc) is 3.33. The fraction of sp³-hybridized carbons (Fsp3) is 0.138. The van der Waals surface area contributed by atoms with E-state index in [-0.39, 0.29) is 12.1 Å². The summed E-state index contributed by atoms with van der Waals surface area (Å²) < 4.78 is 5.63. The summed E-state index contributed by atoms with van der Waals surface area (Å²) in [4.78, 5) is 18.7. The lowest BCUT2D eigenvalue weighted by molar-refractivity contribution is 0.0212. The summed E-state index contributed by atoms with van der Waals surface area (Å²) in [5.74, 6) is 0.500. The number of ether oxygens (including phenoxy) is 1. The van der Waals surface area contributed by atoms with E-state index in [1.807, 2.05) is 91.0 Å². The molecule has 0 aliphatic carbocycles. The highest BCUT2D eigenvalue weighted by atomic mass is 16.7. The van der Waals surface area contributed by atoms with Gasteiger partial charge in [-0.2, -0.15) is 0 Å². The van der Waals surface area contributed by atoms with E-state index in [0.717, 1.165) is 28.5 Å². The van der Waals surface area contributed by atoms with Crippen LogP contribution in [-0.2, 0) is 17.7 Å². The number of hydroxylamine groups is 1. The number of hydrogen-bond donors (Lipinski definition) is 2. The third-order valence-corrected chi connectivity index (χ3v) is 5.86. The number of fused-ring (bicyclic) bond motifs is 1. The van der Waals surface area contributed by atoms with Gasteiger partial charge < -0.3 is 10.1 Å². The molecule has 0 aromatic heterocycles. The molecule has 34 heavy (non-hydrogen) atoms. The van der Waals surface area contributed by atoms with Gasteiger partial charge in [-0.1, -0.05) is 91.0 Å².